The van der Waals surface area contributed by atoms with Crippen LogP contribution in [0.2, 0.25) is 5.02 Å². The van der Waals surface area contributed by atoms with Gasteiger partial charge in [0.15, 0.2) is 0 Å². The molecule has 25 heavy (non-hydrogen) atoms. The molecule has 2 saturated heterocycles. The van der Waals surface area contributed by atoms with E-state index in [4.69, 9.17) is 16.3 Å². The van der Waals surface area contributed by atoms with Gasteiger partial charge in [0.2, 0.25) is 15.9 Å². The Morgan fingerprint density at radius 2 is 1.84 bits per heavy atom. The first-order valence-electron chi connectivity index (χ1n) is 8.47. The van der Waals surface area contributed by atoms with Gasteiger partial charge >= 0.3 is 0 Å². The van der Waals surface area contributed by atoms with Gasteiger partial charge in [0.1, 0.15) is 6.04 Å². The maximum absolute atomic E-state index is 13.2. The van der Waals surface area contributed by atoms with Gasteiger partial charge in [-0.05, 0) is 49.9 Å². The van der Waals surface area contributed by atoms with E-state index < -0.39 is 16.1 Å². The number of aryl methyl sites for hydroxylation is 2. The number of sulfonamides is 1. The van der Waals surface area contributed by atoms with E-state index in [1.807, 2.05) is 0 Å². The lowest BCUT2D eigenvalue weighted by Gasteiger charge is -2.32. The van der Waals surface area contributed by atoms with Crippen molar-refractivity contribution >= 4 is 27.5 Å². The van der Waals surface area contributed by atoms with Crippen molar-refractivity contribution in [1.29, 1.82) is 0 Å². The van der Waals surface area contributed by atoms with Crippen LogP contribution in [0.25, 0.3) is 0 Å². The minimum atomic E-state index is -3.75. The second kappa shape index (κ2) is 7.23. The summed E-state index contributed by atoms with van der Waals surface area (Å²) < 4.78 is 33.0. The van der Waals surface area contributed by atoms with Crippen molar-refractivity contribution in [2.45, 2.75) is 37.6 Å². The van der Waals surface area contributed by atoms with E-state index in [0.717, 1.165) is 0 Å². The van der Waals surface area contributed by atoms with Crippen LogP contribution in [0.15, 0.2) is 17.0 Å². The number of hydrogen-bond donors (Lipinski definition) is 0. The standard InChI is InChI=1S/C17H23ClN2O4S/c1-12-11-16(13(2)10-14(12)18)25(22,23)20-5-3-4-15(20)17(21)19-6-8-24-9-7-19/h10-11,15H,3-9H2,1-2H3/t15-/m0/s1. The van der Waals surface area contributed by atoms with Gasteiger partial charge in [0.05, 0.1) is 18.1 Å². The molecule has 8 heteroatoms. The quantitative estimate of drug-likeness (QED) is 0.796. The molecule has 1 aromatic carbocycles. The van der Waals surface area contributed by atoms with Crippen molar-refractivity contribution in [2.24, 2.45) is 0 Å². The summed E-state index contributed by atoms with van der Waals surface area (Å²) in [7, 11) is -3.75. The summed E-state index contributed by atoms with van der Waals surface area (Å²) in [4.78, 5) is 14.8. The van der Waals surface area contributed by atoms with Crippen LogP contribution < -0.4 is 0 Å². The first-order chi connectivity index (χ1) is 11.8. The zero-order chi connectivity index (χ0) is 18.2. The summed E-state index contributed by atoms with van der Waals surface area (Å²) >= 11 is 6.10. The Bertz CT molecular complexity index is 775. The number of benzene rings is 1. The molecule has 3 rings (SSSR count). The van der Waals surface area contributed by atoms with E-state index in [1.54, 1.807) is 30.9 Å². The highest BCUT2D eigenvalue weighted by Gasteiger charge is 2.41. The molecular formula is C17H23ClN2O4S. The van der Waals surface area contributed by atoms with Crippen LogP contribution in [0, 0.1) is 13.8 Å². The monoisotopic (exact) mass is 386 g/mol. The van der Waals surface area contributed by atoms with Gasteiger partial charge < -0.3 is 9.64 Å². The van der Waals surface area contributed by atoms with E-state index in [-0.39, 0.29) is 10.8 Å². The summed E-state index contributed by atoms with van der Waals surface area (Å²) in [5, 5.41) is 0.541. The Morgan fingerprint density at radius 1 is 1.16 bits per heavy atom. The lowest BCUT2D eigenvalue weighted by Crippen LogP contribution is -2.51. The van der Waals surface area contributed by atoms with Crippen LogP contribution in [0.5, 0.6) is 0 Å². The molecule has 2 aliphatic heterocycles. The Balaban J connectivity index is 1.90. The van der Waals surface area contributed by atoms with Gasteiger partial charge in [0, 0.05) is 24.7 Å². The van der Waals surface area contributed by atoms with Crippen LogP contribution >= 0.6 is 11.6 Å². The second-order valence-corrected chi connectivity index (χ2v) is 8.84. The molecule has 1 amide bonds. The summed E-state index contributed by atoms with van der Waals surface area (Å²) in [6.45, 7) is 5.91. The molecule has 2 heterocycles. The van der Waals surface area contributed by atoms with E-state index >= 15 is 0 Å². The molecule has 0 radical (unpaired) electrons. The Labute approximate surface area is 153 Å². The van der Waals surface area contributed by atoms with Gasteiger partial charge in [-0.25, -0.2) is 8.42 Å². The fraction of sp³-hybridized carbons (Fsp3) is 0.588. The summed E-state index contributed by atoms with van der Waals surface area (Å²) in [6, 6.07) is 2.64. The Hall–Kier alpha value is -1.15. The lowest BCUT2D eigenvalue weighted by molar-refractivity contribution is -0.138. The van der Waals surface area contributed by atoms with Crippen molar-refractivity contribution in [2.75, 3.05) is 32.8 Å². The number of hydrogen-bond acceptors (Lipinski definition) is 4. The molecule has 1 atom stereocenters. The molecule has 6 nitrogen and oxygen atoms in total. The zero-order valence-corrected chi connectivity index (χ0v) is 16.1. The SMILES string of the molecule is Cc1cc(S(=O)(=O)N2CCC[C@H]2C(=O)N2CCOCC2)c(C)cc1Cl. The number of amides is 1. The smallest absolute Gasteiger partial charge is 0.244 e. The molecule has 2 aliphatic rings. The number of nitrogens with zero attached hydrogens (tertiary/aromatic N) is 2. The van der Waals surface area contributed by atoms with Crippen LogP contribution in [0.4, 0.5) is 0 Å². The topological polar surface area (TPSA) is 66.9 Å². The van der Waals surface area contributed by atoms with Crippen LogP contribution in [0.3, 0.4) is 0 Å². The van der Waals surface area contributed by atoms with Crippen LogP contribution in [-0.4, -0.2) is 62.4 Å². The molecule has 0 aromatic heterocycles. The maximum atomic E-state index is 13.2. The molecule has 138 valence electrons. The fourth-order valence-electron chi connectivity index (χ4n) is 3.43. The van der Waals surface area contributed by atoms with E-state index in [9.17, 15) is 13.2 Å². The second-order valence-electron chi connectivity index (χ2n) is 6.58. The molecule has 0 N–H and O–H groups in total. The molecule has 0 bridgehead atoms. The number of morpholine rings is 1. The third kappa shape index (κ3) is 3.56. The molecule has 1 aromatic rings. The van der Waals surface area contributed by atoms with Crippen molar-refractivity contribution in [1.82, 2.24) is 9.21 Å². The highest BCUT2D eigenvalue weighted by Crippen LogP contribution is 2.31. The molecule has 0 saturated carbocycles. The van der Waals surface area contributed by atoms with Gasteiger partial charge in [-0.3, -0.25) is 4.79 Å². The zero-order valence-electron chi connectivity index (χ0n) is 14.5. The van der Waals surface area contributed by atoms with Crippen molar-refractivity contribution in [3.05, 3.63) is 28.3 Å². The Kier molecular flexibility index (Phi) is 5.39. The average Bonchev–Trinajstić information content (AvgIpc) is 3.08. The fourth-order valence-corrected chi connectivity index (χ4v) is 5.59. The minimum Gasteiger partial charge on any atom is -0.378 e. The molecule has 0 aliphatic carbocycles. The normalized spacial score (nSPS) is 22.4. The van der Waals surface area contributed by atoms with Crippen molar-refractivity contribution in [3.63, 3.8) is 0 Å². The predicted octanol–water partition coefficient (Wildman–Crippen LogP) is 1.97. The maximum Gasteiger partial charge on any atom is 0.244 e. The summed E-state index contributed by atoms with van der Waals surface area (Å²) in [5.41, 5.74) is 1.31. The number of halogens is 1. The van der Waals surface area contributed by atoms with Crippen molar-refractivity contribution < 1.29 is 17.9 Å². The van der Waals surface area contributed by atoms with Gasteiger partial charge in [-0.1, -0.05) is 11.6 Å². The lowest BCUT2D eigenvalue weighted by atomic mass is 10.2. The summed E-state index contributed by atoms with van der Waals surface area (Å²) in [6.07, 6.45) is 1.24. The minimum absolute atomic E-state index is 0.118. The first kappa shape index (κ1) is 18.6. The predicted molar refractivity (Wildman–Crippen MR) is 95.2 cm³/mol. The first-order valence-corrected chi connectivity index (χ1v) is 10.3. The number of carbonyl (C=O) groups is 1. The van der Waals surface area contributed by atoms with Crippen LogP contribution in [0.1, 0.15) is 24.0 Å². The highest BCUT2D eigenvalue weighted by molar-refractivity contribution is 7.89. The molecule has 2 fully saturated rings. The van der Waals surface area contributed by atoms with E-state index in [0.29, 0.717) is 61.8 Å². The van der Waals surface area contributed by atoms with Crippen LogP contribution in [-0.2, 0) is 19.6 Å². The molecular weight excluding hydrogens is 364 g/mol. The van der Waals surface area contributed by atoms with E-state index in [1.165, 1.54) is 4.31 Å². The average molecular weight is 387 g/mol. The summed E-state index contributed by atoms with van der Waals surface area (Å²) in [5.74, 6) is -0.118. The van der Waals surface area contributed by atoms with Gasteiger partial charge in [-0.15, -0.1) is 0 Å². The number of rotatable bonds is 3. The van der Waals surface area contributed by atoms with Gasteiger partial charge in [-0.2, -0.15) is 4.31 Å². The third-order valence-corrected chi connectivity index (χ3v) is 7.31. The Morgan fingerprint density at radius 3 is 2.52 bits per heavy atom. The third-order valence-electron chi connectivity index (χ3n) is 4.85. The number of ether oxygens (including phenoxy) is 1. The largest absolute Gasteiger partial charge is 0.378 e. The molecule has 0 unspecified atom stereocenters. The molecule has 0 spiro atoms. The van der Waals surface area contributed by atoms with E-state index in [2.05, 4.69) is 0 Å². The highest BCUT2D eigenvalue weighted by atomic mass is 35.5. The van der Waals surface area contributed by atoms with Crippen molar-refractivity contribution in [3.8, 4) is 0 Å². The van der Waals surface area contributed by atoms with Gasteiger partial charge in [0.25, 0.3) is 0 Å². The number of carbonyl (C=O) groups excluding carboxylic acids is 1.